The molecule has 224 valence electrons. The molecule has 0 saturated carbocycles. The molecule has 0 aromatic heterocycles. The van der Waals surface area contributed by atoms with Crippen LogP contribution < -0.4 is 20.1 Å². The number of hydrogen-bond acceptors (Lipinski definition) is 7. The van der Waals surface area contributed by atoms with Gasteiger partial charge in [0, 0.05) is 32.1 Å². The molecule has 3 atom stereocenters. The van der Waals surface area contributed by atoms with Crippen LogP contribution in [0.15, 0.2) is 18.2 Å². The Kier molecular flexibility index (Phi) is 14.1. The number of aliphatic hydroxyl groups excluding tert-OH is 1. The molecule has 0 bridgehead atoms. The number of carbonyl (C=O) groups is 2. The molecule has 1 aromatic carbocycles. The van der Waals surface area contributed by atoms with E-state index < -0.39 is 29.3 Å². The van der Waals surface area contributed by atoms with Crippen LogP contribution >= 0.6 is 0 Å². The van der Waals surface area contributed by atoms with Crippen LogP contribution in [0.4, 0.5) is 4.79 Å². The minimum atomic E-state index is -0.999. The van der Waals surface area contributed by atoms with E-state index in [9.17, 15) is 14.7 Å². The predicted molar refractivity (Wildman–Crippen MR) is 153 cm³/mol. The fraction of sp³-hybridized carbons (Fsp3) is 0.733. The maximum Gasteiger partial charge on any atom is 0.407 e. The quantitative estimate of drug-likeness (QED) is 0.269. The number of amides is 2. The molecular formula is C30H52N2O7. The first-order chi connectivity index (χ1) is 18.1. The second-order valence-corrected chi connectivity index (χ2v) is 12.4. The number of benzene rings is 1. The van der Waals surface area contributed by atoms with Gasteiger partial charge in [0.25, 0.3) is 0 Å². The number of rotatable bonds is 15. The zero-order valence-corrected chi connectivity index (χ0v) is 25.7. The highest BCUT2D eigenvalue weighted by Crippen LogP contribution is 2.31. The fourth-order valence-electron chi connectivity index (χ4n) is 3.94. The molecule has 0 aliphatic carbocycles. The van der Waals surface area contributed by atoms with Crippen molar-refractivity contribution in [2.24, 2.45) is 17.3 Å². The van der Waals surface area contributed by atoms with Gasteiger partial charge in [0.05, 0.1) is 25.9 Å². The Morgan fingerprint density at radius 2 is 1.67 bits per heavy atom. The van der Waals surface area contributed by atoms with Crippen LogP contribution in [-0.2, 0) is 20.7 Å². The third-order valence-corrected chi connectivity index (χ3v) is 6.30. The molecule has 1 aromatic rings. The van der Waals surface area contributed by atoms with Crippen molar-refractivity contribution in [3.05, 3.63) is 23.8 Å². The summed E-state index contributed by atoms with van der Waals surface area (Å²) in [6.45, 7) is 16.2. The van der Waals surface area contributed by atoms with E-state index >= 15 is 0 Å². The highest BCUT2D eigenvalue weighted by molar-refractivity contribution is 5.81. The van der Waals surface area contributed by atoms with Gasteiger partial charge in [-0.15, -0.1) is 0 Å². The number of ether oxygens (including phenoxy) is 4. The third kappa shape index (κ3) is 13.4. The summed E-state index contributed by atoms with van der Waals surface area (Å²) in [5.41, 5.74) is -0.213. The number of hydrogen-bond donors (Lipinski definition) is 3. The average molecular weight is 553 g/mol. The molecule has 0 unspecified atom stereocenters. The van der Waals surface area contributed by atoms with E-state index in [1.807, 2.05) is 39.0 Å². The maximum atomic E-state index is 12.7. The van der Waals surface area contributed by atoms with E-state index in [0.29, 0.717) is 37.6 Å². The number of carbonyl (C=O) groups excluding carboxylic acids is 2. The van der Waals surface area contributed by atoms with Crippen molar-refractivity contribution < 1.29 is 33.6 Å². The van der Waals surface area contributed by atoms with Crippen molar-refractivity contribution >= 4 is 12.0 Å². The molecule has 3 N–H and O–H groups in total. The van der Waals surface area contributed by atoms with Crippen molar-refractivity contribution in [3.63, 3.8) is 0 Å². The first-order valence-corrected chi connectivity index (χ1v) is 13.8. The second kappa shape index (κ2) is 15.9. The summed E-state index contributed by atoms with van der Waals surface area (Å²) in [5.74, 6) is 1.51. The predicted octanol–water partition coefficient (Wildman–Crippen LogP) is 4.73. The van der Waals surface area contributed by atoms with Crippen LogP contribution in [0.3, 0.4) is 0 Å². The fourth-order valence-corrected chi connectivity index (χ4v) is 3.94. The number of methoxy groups -OCH3 is 2. The van der Waals surface area contributed by atoms with Gasteiger partial charge in [-0.1, -0.05) is 40.7 Å². The topological polar surface area (TPSA) is 115 Å². The van der Waals surface area contributed by atoms with E-state index in [1.54, 1.807) is 35.0 Å². The summed E-state index contributed by atoms with van der Waals surface area (Å²) in [4.78, 5) is 25.1. The number of aliphatic hydroxyl groups is 1. The molecule has 2 amide bonds. The lowest BCUT2D eigenvalue weighted by Gasteiger charge is -2.32. The van der Waals surface area contributed by atoms with Gasteiger partial charge >= 0.3 is 6.09 Å². The lowest BCUT2D eigenvalue weighted by atomic mass is 9.83. The largest absolute Gasteiger partial charge is 0.493 e. The molecule has 0 spiro atoms. The molecule has 1 rings (SSSR count). The van der Waals surface area contributed by atoms with Crippen molar-refractivity contribution in [2.45, 2.75) is 92.4 Å². The van der Waals surface area contributed by atoms with Crippen LogP contribution in [0.2, 0.25) is 0 Å². The van der Waals surface area contributed by atoms with Gasteiger partial charge in [-0.3, -0.25) is 4.79 Å². The third-order valence-electron chi connectivity index (χ3n) is 6.30. The minimum absolute atomic E-state index is 0.0172. The van der Waals surface area contributed by atoms with Crippen LogP contribution in [0.5, 0.6) is 11.5 Å². The zero-order valence-electron chi connectivity index (χ0n) is 25.7. The first kappa shape index (κ1) is 34.5. The van der Waals surface area contributed by atoms with Crippen LogP contribution in [0.25, 0.3) is 0 Å². The average Bonchev–Trinajstić information content (AvgIpc) is 2.82. The molecule has 0 aliphatic rings. The van der Waals surface area contributed by atoms with E-state index in [0.717, 1.165) is 12.0 Å². The lowest BCUT2D eigenvalue weighted by Crippen LogP contribution is -2.51. The van der Waals surface area contributed by atoms with Gasteiger partial charge in [0.15, 0.2) is 11.5 Å². The van der Waals surface area contributed by atoms with E-state index in [4.69, 9.17) is 18.9 Å². The summed E-state index contributed by atoms with van der Waals surface area (Å²) in [7, 11) is 3.27. The standard InChI is InChI=1S/C30H52N2O7/c1-20(2)22(16-21-12-13-25(37-10)26(17-21)38-15-11-14-36-9)18-23(32-28(35)39-30(6,7)8)24(33)19-31-27(34)29(3,4)5/h12-13,17,20,22-24,33H,11,14-16,18-19H2,1-10H3,(H,31,34)(H,32,35)/t22-,23-,24-/m0/s1. The lowest BCUT2D eigenvalue weighted by molar-refractivity contribution is -0.129. The van der Waals surface area contributed by atoms with Crippen molar-refractivity contribution in [1.82, 2.24) is 10.6 Å². The summed E-state index contributed by atoms with van der Waals surface area (Å²) in [6.07, 6.45) is 0.344. The highest BCUT2D eigenvalue weighted by Gasteiger charge is 2.30. The molecule has 0 heterocycles. The Morgan fingerprint density at radius 1 is 1.00 bits per heavy atom. The number of alkyl carbamates (subject to hydrolysis) is 1. The SMILES string of the molecule is COCCCOc1cc(C[C@@H](C[C@H](NC(=O)OC(C)(C)C)[C@@H](O)CNC(=O)C(C)(C)C)C(C)C)ccc1OC. The molecule has 9 heteroatoms. The molecular weight excluding hydrogens is 500 g/mol. The van der Waals surface area contributed by atoms with Gasteiger partial charge in [0.1, 0.15) is 5.60 Å². The van der Waals surface area contributed by atoms with E-state index in [2.05, 4.69) is 24.5 Å². The van der Waals surface area contributed by atoms with E-state index in [1.165, 1.54) is 0 Å². The van der Waals surface area contributed by atoms with Gasteiger partial charge < -0.3 is 34.7 Å². The monoisotopic (exact) mass is 552 g/mol. The summed E-state index contributed by atoms with van der Waals surface area (Å²) in [6, 6.07) is 5.26. The first-order valence-electron chi connectivity index (χ1n) is 13.8. The summed E-state index contributed by atoms with van der Waals surface area (Å²) < 4.78 is 22.0. The Balaban J connectivity index is 3.10. The minimum Gasteiger partial charge on any atom is -0.493 e. The molecule has 0 radical (unpaired) electrons. The van der Waals surface area contributed by atoms with Crippen LogP contribution in [0, 0.1) is 17.3 Å². The van der Waals surface area contributed by atoms with Gasteiger partial charge in [-0.25, -0.2) is 4.79 Å². The second-order valence-electron chi connectivity index (χ2n) is 12.4. The van der Waals surface area contributed by atoms with Gasteiger partial charge in [-0.05, 0) is 63.1 Å². The van der Waals surface area contributed by atoms with Gasteiger partial charge in [0.2, 0.25) is 5.91 Å². The Morgan fingerprint density at radius 3 is 2.21 bits per heavy atom. The molecule has 39 heavy (non-hydrogen) atoms. The molecule has 0 aliphatic heterocycles. The molecule has 0 saturated heterocycles. The van der Waals surface area contributed by atoms with Gasteiger partial charge in [-0.2, -0.15) is 0 Å². The van der Waals surface area contributed by atoms with Crippen LogP contribution in [-0.4, -0.2) is 68.8 Å². The Hall–Kier alpha value is -2.52. The number of nitrogens with one attached hydrogen (secondary N) is 2. The normalized spacial score (nSPS) is 14.4. The molecule has 9 nitrogen and oxygen atoms in total. The zero-order chi connectivity index (χ0) is 29.8. The summed E-state index contributed by atoms with van der Waals surface area (Å²) in [5, 5.41) is 16.8. The summed E-state index contributed by atoms with van der Waals surface area (Å²) >= 11 is 0. The van der Waals surface area contributed by atoms with Crippen molar-refractivity contribution in [1.29, 1.82) is 0 Å². The van der Waals surface area contributed by atoms with Crippen LogP contribution in [0.1, 0.15) is 73.8 Å². The molecule has 0 fully saturated rings. The van der Waals surface area contributed by atoms with Crippen molar-refractivity contribution in [3.8, 4) is 11.5 Å². The van der Waals surface area contributed by atoms with Crippen molar-refractivity contribution in [2.75, 3.05) is 34.0 Å². The highest BCUT2D eigenvalue weighted by atomic mass is 16.6. The van der Waals surface area contributed by atoms with E-state index in [-0.39, 0.29) is 24.3 Å². The smallest absolute Gasteiger partial charge is 0.407 e. The maximum absolute atomic E-state index is 12.7. The Labute approximate surface area is 235 Å². The Bertz CT molecular complexity index is 890.